The van der Waals surface area contributed by atoms with E-state index in [2.05, 4.69) is 5.32 Å². The first-order valence-corrected chi connectivity index (χ1v) is 6.38. The molecule has 1 aromatic carbocycles. The van der Waals surface area contributed by atoms with Crippen LogP contribution in [0.15, 0.2) is 12.1 Å². The molecule has 0 heterocycles. The Bertz CT molecular complexity index is 412. The summed E-state index contributed by atoms with van der Waals surface area (Å²) in [7, 11) is 0. The van der Waals surface area contributed by atoms with Crippen molar-refractivity contribution in [2.75, 3.05) is 17.3 Å². The second kappa shape index (κ2) is 6.54. The fraction of sp³-hybridized carbons (Fsp3) is 0.364. The molecule has 1 amide bonds. The lowest BCUT2D eigenvalue weighted by Crippen LogP contribution is -2.13. The standard InChI is InChI=1S/C11H12F3NOS/c1-17-6-2-3-9(16)15-8-5-4-7(12)10(13)11(8)14/h4-5H,2-3,6H2,1H3,(H,15,16). The molecule has 6 heteroatoms. The summed E-state index contributed by atoms with van der Waals surface area (Å²) in [6, 6.07) is 1.77. The molecule has 17 heavy (non-hydrogen) atoms. The van der Waals surface area contributed by atoms with Crippen LogP contribution in [0, 0.1) is 17.5 Å². The highest BCUT2D eigenvalue weighted by Crippen LogP contribution is 2.19. The Morgan fingerprint density at radius 2 is 2.00 bits per heavy atom. The third kappa shape index (κ3) is 3.96. The fourth-order valence-corrected chi connectivity index (χ4v) is 1.65. The average molecular weight is 263 g/mol. The molecular formula is C11H12F3NOS. The molecule has 2 nitrogen and oxygen atoms in total. The topological polar surface area (TPSA) is 29.1 Å². The maximum Gasteiger partial charge on any atom is 0.224 e. The predicted molar refractivity (Wildman–Crippen MR) is 62.6 cm³/mol. The van der Waals surface area contributed by atoms with Crippen molar-refractivity contribution in [1.82, 2.24) is 0 Å². The highest BCUT2D eigenvalue weighted by molar-refractivity contribution is 7.98. The third-order valence-electron chi connectivity index (χ3n) is 2.06. The van der Waals surface area contributed by atoms with E-state index in [0.29, 0.717) is 6.42 Å². The number of carbonyl (C=O) groups is 1. The Kier molecular flexibility index (Phi) is 5.34. The minimum atomic E-state index is -1.58. The Morgan fingerprint density at radius 1 is 1.29 bits per heavy atom. The number of thioether (sulfide) groups is 1. The van der Waals surface area contributed by atoms with E-state index in [1.165, 1.54) is 0 Å². The van der Waals surface area contributed by atoms with Gasteiger partial charge < -0.3 is 5.32 Å². The molecule has 0 radical (unpaired) electrons. The number of halogens is 3. The molecule has 0 aliphatic heterocycles. The molecule has 0 bridgehead atoms. The number of amides is 1. The van der Waals surface area contributed by atoms with E-state index in [9.17, 15) is 18.0 Å². The molecule has 1 aromatic rings. The van der Waals surface area contributed by atoms with Crippen molar-refractivity contribution >= 4 is 23.4 Å². The highest BCUT2D eigenvalue weighted by Gasteiger charge is 2.14. The van der Waals surface area contributed by atoms with Gasteiger partial charge in [0.1, 0.15) is 0 Å². The van der Waals surface area contributed by atoms with Crippen LogP contribution in [-0.4, -0.2) is 17.9 Å². The van der Waals surface area contributed by atoms with Crippen LogP contribution in [0.4, 0.5) is 18.9 Å². The van der Waals surface area contributed by atoms with Gasteiger partial charge in [0, 0.05) is 6.42 Å². The fourth-order valence-electron chi connectivity index (χ4n) is 1.21. The summed E-state index contributed by atoms with van der Waals surface area (Å²) < 4.78 is 38.6. The summed E-state index contributed by atoms with van der Waals surface area (Å²) in [5, 5.41) is 2.21. The van der Waals surface area contributed by atoms with Crippen LogP contribution in [0.1, 0.15) is 12.8 Å². The van der Waals surface area contributed by atoms with E-state index in [0.717, 1.165) is 17.9 Å². The van der Waals surface area contributed by atoms with E-state index in [1.54, 1.807) is 11.8 Å². The van der Waals surface area contributed by atoms with Gasteiger partial charge in [-0.3, -0.25) is 4.79 Å². The van der Waals surface area contributed by atoms with Crippen molar-refractivity contribution in [3.63, 3.8) is 0 Å². The van der Waals surface area contributed by atoms with Crippen LogP contribution >= 0.6 is 11.8 Å². The number of anilines is 1. The summed E-state index contributed by atoms with van der Waals surface area (Å²) in [5.41, 5.74) is -0.335. The van der Waals surface area contributed by atoms with Gasteiger partial charge in [-0.1, -0.05) is 0 Å². The largest absolute Gasteiger partial charge is 0.324 e. The zero-order valence-corrected chi connectivity index (χ0v) is 10.0. The Hall–Kier alpha value is -1.17. The lowest BCUT2D eigenvalue weighted by atomic mass is 10.2. The maximum atomic E-state index is 13.2. The van der Waals surface area contributed by atoms with Crippen molar-refractivity contribution in [1.29, 1.82) is 0 Å². The van der Waals surface area contributed by atoms with Gasteiger partial charge in [0.05, 0.1) is 5.69 Å². The first-order valence-electron chi connectivity index (χ1n) is 4.98. The first kappa shape index (κ1) is 13.9. The van der Waals surface area contributed by atoms with Crippen molar-refractivity contribution in [2.24, 2.45) is 0 Å². The zero-order chi connectivity index (χ0) is 12.8. The average Bonchev–Trinajstić information content (AvgIpc) is 2.30. The lowest BCUT2D eigenvalue weighted by Gasteiger charge is -2.06. The van der Waals surface area contributed by atoms with Gasteiger partial charge >= 0.3 is 0 Å². The number of benzene rings is 1. The van der Waals surface area contributed by atoms with E-state index in [4.69, 9.17) is 0 Å². The van der Waals surface area contributed by atoms with Gasteiger partial charge in [-0.15, -0.1) is 0 Å². The van der Waals surface area contributed by atoms with E-state index in [1.807, 2.05) is 6.26 Å². The van der Waals surface area contributed by atoms with Crippen LogP contribution in [0.2, 0.25) is 0 Å². The van der Waals surface area contributed by atoms with Crippen LogP contribution in [-0.2, 0) is 4.79 Å². The molecular weight excluding hydrogens is 251 g/mol. The van der Waals surface area contributed by atoms with Gasteiger partial charge in [0.2, 0.25) is 5.91 Å². The van der Waals surface area contributed by atoms with Crippen molar-refractivity contribution in [2.45, 2.75) is 12.8 Å². The van der Waals surface area contributed by atoms with Crippen molar-refractivity contribution in [3.05, 3.63) is 29.6 Å². The summed E-state index contributed by atoms with van der Waals surface area (Å²) in [4.78, 5) is 11.3. The van der Waals surface area contributed by atoms with Crippen LogP contribution in [0.3, 0.4) is 0 Å². The highest BCUT2D eigenvalue weighted by atomic mass is 32.2. The molecule has 0 saturated carbocycles. The lowest BCUT2D eigenvalue weighted by molar-refractivity contribution is -0.116. The number of rotatable bonds is 5. The molecule has 1 N–H and O–H groups in total. The number of nitrogens with one attached hydrogen (secondary N) is 1. The van der Waals surface area contributed by atoms with Crippen LogP contribution in [0.25, 0.3) is 0 Å². The number of hydrogen-bond acceptors (Lipinski definition) is 2. The summed E-state index contributed by atoms with van der Waals surface area (Å²) >= 11 is 1.59. The molecule has 94 valence electrons. The second-order valence-electron chi connectivity index (χ2n) is 3.37. The molecule has 0 aliphatic rings. The first-order chi connectivity index (χ1) is 8.06. The molecule has 0 aliphatic carbocycles. The Balaban J connectivity index is 2.63. The Morgan fingerprint density at radius 3 is 2.65 bits per heavy atom. The monoisotopic (exact) mass is 263 g/mol. The molecule has 0 fully saturated rings. The molecule has 0 aromatic heterocycles. The van der Waals surface area contributed by atoms with Gasteiger partial charge in [-0.25, -0.2) is 13.2 Å². The molecule has 0 saturated heterocycles. The third-order valence-corrected chi connectivity index (χ3v) is 2.76. The van der Waals surface area contributed by atoms with E-state index < -0.39 is 23.4 Å². The normalized spacial score (nSPS) is 10.4. The molecule has 1 rings (SSSR count). The molecule has 0 unspecified atom stereocenters. The zero-order valence-electron chi connectivity index (χ0n) is 9.23. The summed E-state index contributed by atoms with van der Waals surface area (Å²) in [5.74, 6) is -3.82. The number of carbonyl (C=O) groups excluding carboxylic acids is 1. The van der Waals surface area contributed by atoms with Gasteiger partial charge in [-0.05, 0) is 30.6 Å². The Labute approximate surface area is 102 Å². The predicted octanol–water partition coefficient (Wildman–Crippen LogP) is 3.19. The van der Waals surface area contributed by atoms with Crippen molar-refractivity contribution in [3.8, 4) is 0 Å². The smallest absolute Gasteiger partial charge is 0.224 e. The van der Waals surface area contributed by atoms with Gasteiger partial charge in [0.25, 0.3) is 0 Å². The van der Waals surface area contributed by atoms with E-state index >= 15 is 0 Å². The second-order valence-corrected chi connectivity index (χ2v) is 4.35. The summed E-state index contributed by atoms with van der Waals surface area (Å²) in [6.07, 6.45) is 2.78. The minimum Gasteiger partial charge on any atom is -0.324 e. The minimum absolute atomic E-state index is 0.222. The van der Waals surface area contributed by atoms with Gasteiger partial charge in [-0.2, -0.15) is 11.8 Å². The maximum absolute atomic E-state index is 13.2. The van der Waals surface area contributed by atoms with Crippen LogP contribution < -0.4 is 5.32 Å². The van der Waals surface area contributed by atoms with Crippen LogP contribution in [0.5, 0.6) is 0 Å². The molecule has 0 atom stereocenters. The molecule has 0 spiro atoms. The SMILES string of the molecule is CSCCCC(=O)Nc1ccc(F)c(F)c1F. The van der Waals surface area contributed by atoms with Gasteiger partial charge in [0.15, 0.2) is 17.5 Å². The quantitative estimate of drug-likeness (QED) is 0.653. The number of hydrogen-bond donors (Lipinski definition) is 1. The summed E-state index contributed by atoms with van der Waals surface area (Å²) in [6.45, 7) is 0. The van der Waals surface area contributed by atoms with E-state index in [-0.39, 0.29) is 12.1 Å². The van der Waals surface area contributed by atoms with Crippen molar-refractivity contribution < 1.29 is 18.0 Å².